The first-order valence-corrected chi connectivity index (χ1v) is 6.76. The highest BCUT2D eigenvalue weighted by atomic mass is 79.9. The van der Waals surface area contributed by atoms with Gasteiger partial charge < -0.3 is 15.3 Å². The summed E-state index contributed by atoms with van der Waals surface area (Å²) in [4.78, 5) is 23.6. The molecule has 0 fully saturated rings. The Morgan fingerprint density at radius 2 is 2.16 bits per heavy atom. The highest BCUT2D eigenvalue weighted by Gasteiger charge is 2.11. The molecule has 0 saturated carbocycles. The van der Waals surface area contributed by atoms with Crippen LogP contribution in [0.1, 0.15) is 12.8 Å². The van der Waals surface area contributed by atoms with Crippen LogP contribution in [0.5, 0.6) is 0 Å². The monoisotopic (exact) mass is 348 g/mol. The van der Waals surface area contributed by atoms with Gasteiger partial charge in [0.2, 0.25) is 0 Å². The van der Waals surface area contributed by atoms with Crippen molar-refractivity contribution in [2.45, 2.75) is 12.8 Å². The van der Waals surface area contributed by atoms with Crippen LogP contribution in [-0.2, 0) is 4.79 Å². The molecule has 0 aliphatic carbocycles. The standard InChI is InChI=1S/C12H14BrClN2O3/c1-16(6-2-3-11(17)18)12(19)15-10-7-8(13)4-5-9(10)14/h4-5,7H,2-3,6H2,1H3,(H,15,19)(H,17,18). The second-order valence-corrected chi connectivity index (χ2v) is 5.30. The molecule has 1 rings (SSSR count). The Hall–Kier alpha value is -1.27. The molecule has 7 heteroatoms. The first kappa shape index (κ1) is 15.8. The highest BCUT2D eigenvalue weighted by Crippen LogP contribution is 2.25. The second kappa shape index (κ2) is 7.35. The van der Waals surface area contributed by atoms with Gasteiger partial charge in [-0.05, 0) is 24.6 Å². The molecule has 0 aliphatic heterocycles. The minimum atomic E-state index is -0.871. The van der Waals surface area contributed by atoms with Crippen LogP contribution in [-0.4, -0.2) is 35.6 Å². The number of rotatable bonds is 5. The van der Waals surface area contributed by atoms with Gasteiger partial charge in [0.05, 0.1) is 10.7 Å². The normalized spacial score (nSPS) is 10.1. The zero-order valence-corrected chi connectivity index (χ0v) is 12.7. The summed E-state index contributed by atoms with van der Waals surface area (Å²) in [6.07, 6.45) is 0.445. The van der Waals surface area contributed by atoms with Crippen molar-refractivity contribution >= 4 is 45.2 Å². The summed E-state index contributed by atoms with van der Waals surface area (Å²) in [5.41, 5.74) is 0.506. The van der Waals surface area contributed by atoms with E-state index in [-0.39, 0.29) is 12.5 Å². The fourth-order valence-corrected chi connectivity index (χ4v) is 1.90. The number of carboxylic acids is 1. The number of amides is 2. The molecule has 0 aromatic heterocycles. The Labute approximate surface area is 124 Å². The second-order valence-electron chi connectivity index (χ2n) is 3.97. The molecule has 5 nitrogen and oxygen atoms in total. The number of carboxylic acid groups (broad SMARTS) is 1. The van der Waals surface area contributed by atoms with Crippen LogP contribution in [0, 0.1) is 0 Å². The molecule has 0 aliphatic rings. The summed E-state index contributed by atoms with van der Waals surface area (Å²) >= 11 is 9.25. The van der Waals surface area contributed by atoms with E-state index in [1.54, 1.807) is 25.2 Å². The predicted molar refractivity (Wildman–Crippen MR) is 77.7 cm³/mol. The number of aliphatic carboxylic acids is 1. The number of carbonyl (C=O) groups excluding carboxylic acids is 1. The van der Waals surface area contributed by atoms with Crippen LogP contribution >= 0.6 is 27.5 Å². The number of nitrogens with zero attached hydrogens (tertiary/aromatic N) is 1. The maximum absolute atomic E-state index is 11.8. The van der Waals surface area contributed by atoms with E-state index in [0.29, 0.717) is 23.7 Å². The smallest absolute Gasteiger partial charge is 0.321 e. The van der Waals surface area contributed by atoms with Crippen LogP contribution in [0.25, 0.3) is 0 Å². The average molecular weight is 350 g/mol. The van der Waals surface area contributed by atoms with E-state index in [9.17, 15) is 9.59 Å². The zero-order chi connectivity index (χ0) is 14.4. The number of benzene rings is 1. The van der Waals surface area contributed by atoms with E-state index >= 15 is 0 Å². The fourth-order valence-electron chi connectivity index (χ4n) is 1.37. The topological polar surface area (TPSA) is 69.6 Å². The highest BCUT2D eigenvalue weighted by molar-refractivity contribution is 9.10. The summed E-state index contributed by atoms with van der Waals surface area (Å²) in [5, 5.41) is 11.6. The van der Waals surface area contributed by atoms with E-state index in [0.717, 1.165) is 4.47 Å². The Morgan fingerprint density at radius 3 is 2.79 bits per heavy atom. The van der Waals surface area contributed by atoms with Gasteiger partial charge in [-0.25, -0.2) is 4.79 Å². The van der Waals surface area contributed by atoms with Crippen molar-refractivity contribution in [2.75, 3.05) is 18.9 Å². The van der Waals surface area contributed by atoms with Crippen LogP contribution in [0.2, 0.25) is 5.02 Å². The molecule has 1 aromatic carbocycles. The third-order valence-electron chi connectivity index (χ3n) is 2.40. The summed E-state index contributed by atoms with van der Waals surface area (Å²) < 4.78 is 0.806. The van der Waals surface area contributed by atoms with Gasteiger partial charge in [-0.15, -0.1) is 0 Å². The predicted octanol–water partition coefficient (Wildman–Crippen LogP) is 3.43. The molecule has 2 N–H and O–H groups in total. The van der Waals surface area contributed by atoms with Crippen molar-refractivity contribution in [1.29, 1.82) is 0 Å². The van der Waals surface area contributed by atoms with Gasteiger partial charge in [0, 0.05) is 24.5 Å². The number of carbonyl (C=O) groups is 2. The molecule has 0 saturated heterocycles. The minimum Gasteiger partial charge on any atom is -0.481 e. The Kier molecular flexibility index (Phi) is 6.11. The third kappa shape index (κ3) is 5.48. The largest absolute Gasteiger partial charge is 0.481 e. The van der Waals surface area contributed by atoms with E-state index in [1.807, 2.05) is 0 Å². The lowest BCUT2D eigenvalue weighted by molar-refractivity contribution is -0.137. The van der Waals surface area contributed by atoms with Crippen LogP contribution in [0.4, 0.5) is 10.5 Å². The van der Waals surface area contributed by atoms with Crippen molar-refractivity contribution in [3.63, 3.8) is 0 Å². The molecule has 1 aromatic rings. The first-order chi connectivity index (χ1) is 8.90. The molecular formula is C12H14BrClN2O3. The number of anilines is 1. The van der Waals surface area contributed by atoms with Crippen LogP contribution in [0.3, 0.4) is 0 Å². The number of hydrogen-bond donors (Lipinski definition) is 2. The number of nitrogens with one attached hydrogen (secondary N) is 1. The summed E-state index contributed by atoms with van der Waals surface area (Å²) in [7, 11) is 1.60. The van der Waals surface area contributed by atoms with Crippen LogP contribution in [0.15, 0.2) is 22.7 Å². The van der Waals surface area contributed by atoms with Crippen molar-refractivity contribution in [3.05, 3.63) is 27.7 Å². The SMILES string of the molecule is CN(CCCC(=O)O)C(=O)Nc1cc(Br)ccc1Cl. The van der Waals surface area contributed by atoms with Crippen molar-refractivity contribution < 1.29 is 14.7 Å². The third-order valence-corrected chi connectivity index (χ3v) is 3.22. The van der Waals surface area contributed by atoms with Crippen molar-refractivity contribution in [3.8, 4) is 0 Å². The summed E-state index contributed by atoms with van der Waals surface area (Å²) in [6, 6.07) is 4.82. The first-order valence-electron chi connectivity index (χ1n) is 5.59. The molecule has 0 unspecified atom stereocenters. The van der Waals surface area contributed by atoms with Gasteiger partial charge in [-0.2, -0.15) is 0 Å². The van der Waals surface area contributed by atoms with E-state index in [1.165, 1.54) is 4.90 Å². The lowest BCUT2D eigenvalue weighted by Gasteiger charge is -2.18. The van der Waals surface area contributed by atoms with Gasteiger partial charge in [0.15, 0.2) is 0 Å². The molecule has 0 spiro atoms. The van der Waals surface area contributed by atoms with Gasteiger partial charge >= 0.3 is 12.0 Å². The zero-order valence-electron chi connectivity index (χ0n) is 10.3. The Bertz CT molecular complexity index is 482. The van der Waals surface area contributed by atoms with Gasteiger partial charge in [-0.3, -0.25) is 4.79 Å². The number of urea groups is 1. The fraction of sp³-hybridized carbons (Fsp3) is 0.333. The quantitative estimate of drug-likeness (QED) is 0.855. The van der Waals surface area contributed by atoms with E-state index in [4.69, 9.17) is 16.7 Å². The maximum atomic E-state index is 11.8. The summed E-state index contributed by atoms with van der Waals surface area (Å²) in [6.45, 7) is 0.365. The molecule has 0 radical (unpaired) electrons. The van der Waals surface area contributed by atoms with Crippen molar-refractivity contribution in [1.82, 2.24) is 4.90 Å². The molecular weight excluding hydrogens is 336 g/mol. The minimum absolute atomic E-state index is 0.0370. The number of halogens is 2. The average Bonchev–Trinajstić information content (AvgIpc) is 2.33. The molecule has 0 atom stereocenters. The van der Waals surface area contributed by atoms with E-state index in [2.05, 4.69) is 21.2 Å². The van der Waals surface area contributed by atoms with E-state index < -0.39 is 5.97 Å². The molecule has 19 heavy (non-hydrogen) atoms. The number of hydrogen-bond acceptors (Lipinski definition) is 2. The Balaban J connectivity index is 2.54. The van der Waals surface area contributed by atoms with Gasteiger partial charge in [-0.1, -0.05) is 27.5 Å². The summed E-state index contributed by atoms with van der Waals surface area (Å²) in [5.74, 6) is -0.871. The Morgan fingerprint density at radius 1 is 1.47 bits per heavy atom. The lowest BCUT2D eigenvalue weighted by atomic mass is 10.3. The van der Waals surface area contributed by atoms with Crippen molar-refractivity contribution in [2.24, 2.45) is 0 Å². The van der Waals surface area contributed by atoms with Gasteiger partial charge in [0.1, 0.15) is 0 Å². The maximum Gasteiger partial charge on any atom is 0.321 e. The molecule has 2 amide bonds. The van der Waals surface area contributed by atoms with Crippen LogP contribution < -0.4 is 5.32 Å². The molecule has 104 valence electrons. The molecule has 0 bridgehead atoms. The molecule has 0 heterocycles. The lowest BCUT2D eigenvalue weighted by Crippen LogP contribution is -2.32. The van der Waals surface area contributed by atoms with Gasteiger partial charge in [0.25, 0.3) is 0 Å².